The molecule has 2 rings (SSSR count). The van der Waals surface area contributed by atoms with Crippen molar-refractivity contribution in [2.75, 3.05) is 4.72 Å². The molecule has 0 unspecified atom stereocenters. The van der Waals surface area contributed by atoms with Crippen LogP contribution < -0.4 is 4.72 Å². The Morgan fingerprint density at radius 3 is 2.71 bits per heavy atom. The summed E-state index contributed by atoms with van der Waals surface area (Å²) in [5.41, 5.74) is 0.724. The summed E-state index contributed by atoms with van der Waals surface area (Å²) < 4.78 is 38.8. The number of sulfonamides is 1. The van der Waals surface area contributed by atoms with E-state index in [4.69, 9.17) is 0 Å². The van der Waals surface area contributed by atoms with E-state index in [1.54, 1.807) is 6.92 Å². The number of aromatic nitrogens is 2. The van der Waals surface area contributed by atoms with Crippen molar-refractivity contribution in [2.45, 2.75) is 11.8 Å². The second kappa shape index (κ2) is 4.17. The molecule has 0 spiro atoms. The van der Waals surface area contributed by atoms with Crippen molar-refractivity contribution in [1.29, 1.82) is 0 Å². The summed E-state index contributed by atoms with van der Waals surface area (Å²) in [6.07, 6.45) is 0. The maximum atomic E-state index is 12.9. The Hall–Kier alpha value is -1.89. The minimum absolute atomic E-state index is 0.141. The molecule has 0 aliphatic heterocycles. The van der Waals surface area contributed by atoms with Gasteiger partial charge in [0.2, 0.25) is 0 Å². The van der Waals surface area contributed by atoms with Crippen LogP contribution in [0, 0.1) is 12.7 Å². The van der Waals surface area contributed by atoms with Gasteiger partial charge in [0, 0.05) is 11.8 Å². The number of anilines is 1. The standard InChI is InChI=1S/C10H10FN3O2S/c1-7-5-10(13-12-7)14-17(15,16)9-4-2-3-8(11)6-9/h2-6H,1H3,(H2,12,13,14). The summed E-state index contributed by atoms with van der Waals surface area (Å²) in [7, 11) is -3.79. The largest absolute Gasteiger partial charge is 0.281 e. The van der Waals surface area contributed by atoms with Crippen LogP contribution in [-0.2, 0) is 10.0 Å². The van der Waals surface area contributed by atoms with E-state index in [0.29, 0.717) is 0 Å². The Balaban J connectivity index is 2.31. The third-order valence-electron chi connectivity index (χ3n) is 2.05. The molecule has 0 saturated carbocycles. The first kappa shape index (κ1) is 11.6. The molecule has 7 heteroatoms. The molecular weight excluding hydrogens is 245 g/mol. The van der Waals surface area contributed by atoms with Crippen molar-refractivity contribution in [3.8, 4) is 0 Å². The van der Waals surface area contributed by atoms with Crippen LogP contribution in [0.4, 0.5) is 10.2 Å². The number of halogens is 1. The van der Waals surface area contributed by atoms with Crippen LogP contribution in [0.1, 0.15) is 5.69 Å². The fraction of sp³-hybridized carbons (Fsp3) is 0.100. The fourth-order valence-electron chi connectivity index (χ4n) is 1.30. The maximum absolute atomic E-state index is 12.9. The molecule has 0 bridgehead atoms. The lowest BCUT2D eigenvalue weighted by atomic mass is 10.4. The Kier molecular flexibility index (Phi) is 2.84. The highest BCUT2D eigenvalue weighted by atomic mass is 32.2. The molecule has 0 radical (unpaired) electrons. The lowest BCUT2D eigenvalue weighted by molar-refractivity contribution is 0.595. The quantitative estimate of drug-likeness (QED) is 0.875. The Morgan fingerprint density at radius 2 is 2.12 bits per heavy atom. The van der Waals surface area contributed by atoms with Gasteiger partial charge < -0.3 is 0 Å². The van der Waals surface area contributed by atoms with Crippen molar-refractivity contribution in [3.63, 3.8) is 0 Å². The Bertz CT molecular complexity index is 637. The molecule has 0 amide bonds. The zero-order valence-corrected chi connectivity index (χ0v) is 9.75. The zero-order valence-electron chi connectivity index (χ0n) is 8.94. The van der Waals surface area contributed by atoms with E-state index in [2.05, 4.69) is 14.9 Å². The number of nitrogens with zero attached hydrogens (tertiary/aromatic N) is 1. The van der Waals surface area contributed by atoms with Gasteiger partial charge in [-0.1, -0.05) is 6.07 Å². The van der Waals surface area contributed by atoms with E-state index < -0.39 is 15.8 Å². The van der Waals surface area contributed by atoms with Gasteiger partial charge in [-0.2, -0.15) is 5.10 Å². The van der Waals surface area contributed by atoms with Crippen LogP contribution in [0.3, 0.4) is 0 Å². The van der Waals surface area contributed by atoms with E-state index >= 15 is 0 Å². The van der Waals surface area contributed by atoms with Crippen molar-refractivity contribution in [3.05, 3.63) is 41.8 Å². The number of H-pyrrole nitrogens is 1. The third kappa shape index (κ3) is 2.62. The second-order valence-electron chi connectivity index (χ2n) is 3.50. The molecule has 0 atom stereocenters. The van der Waals surface area contributed by atoms with E-state index in [9.17, 15) is 12.8 Å². The molecule has 1 heterocycles. The Morgan fingerprint density at radius 1 is 1.35 bits per heavy atom. The summed E-state index contributed by atoms with van der Waals surface area (Å²) in [4.78, 5) is -0.141. The first-order chi connectivity index (χ1) is 7.97. The fourth-order valence-corrected chi connectivity index (χ4v) is 2.32. The third-order valence-corrected chi connectivity index (χ3v) is 3.40. The predicted octanol–water partition coefficient (Wildman–Crippen LogP) is 1.66. The number of benzene rings is 1. The highest BCUT2D eigenvalue weighted by molar-refractivity contribution is 7.92. The van der Waals surface area contributed by atoms with Crippen LogP contribution >= 0.6 is 0 Å². The minimum Gasteiger partial charge on any atom is -0.281 e. The van der Waals surface area contributed by atoms with Crippen LogP contribution in [0.2, 0.25) is 0 Å². The SMILES string of the molecule is Cc1cc(NS(=O)(=O)c2cccc(F)c2)n[nH]1. The van der Waals surface area contributed by atoms with Gasteiger partial charge in [-0.15, -0.1) is 0 Å². The van der Waals surface area contributed by atoms with Gasteiger partial charge >= 0.3 is 0 Å². The predicted molar refractivity (Wildman–Crippen MR) is 60.5 cm³/mol. The highest BCUT2D eigenvalue weighted by Gasteiger charge is 2.15. The maximum Gasteiger partial charge on any atom is 0.263 e. The first-order valence-corrected chi connectivity index (χ1v) is 6.26. The smallest absolute Gasteiger partial charge is 0.263 e. The van der Waals surface area contributed by atoms with Crippen LogP contribution in [-0.4, -0.2) is 18.6 Å². The molecular formula is C10H10FN3O2S. The van der Waals surface area contributed by atoms with Crippen molar-refractivity contribution >= 4 is 15.8 Å². The number of aryl methyl sites for hydroxylation is 1. The van der Waals surface area contributed by atoms with Crippen molar-refractivity contribution in [1.82, 2.24) is 10.2 Å². The minimum atomic E-state index is -3.79. The Labute approximate surface area is 97.7 Å². The van der Waals surface area contributed by atoms with Crippen molar-refractivity contribution in [2.24, 2.45) is 0 Å². The molecule has 1 aromatic carbocycles. The average molecular weight is 255 g/mol. The van der Waals surface area contributed by atoms with Gasteiger partial charge in [-0.25, -0.2) is 12.8 Å². The summed E-state index contributed by atoms with van der Waals surface area (Å²) in [6.45, 7) is 1.74. The second-order valence-corrected chi connectivity index (χ2v) is 5.18. The van der Waals surface area contributed by atoms with Gasteiger partial charge in [0.05, 0.1) is 4.90 Å². The number of nitrogens with one attached hydrogen (secondary N) is 2. The molecule has 0 aliphatic rings. The monoisotopic (exact) mass is 255 g/mol. The van der Waals surface area contributed by atoms with E-state index in [1.165, 1.54) is 24.3 Å². The summed E-state index contributed by atoms with van der Waals surface area (Å²) in [5, 5.41) is 6.34. The normalized spacial score (nSPS) is 11.4. The summed E-state index contributed by atoms with van der Waals surface area (Å²) >= 11 is 0. The molecule has 90 valence electrons. The summed E-state index contributed by atoms with van der Waals surface area (Å²) in [5.74, 6) is -0.433. The van der Waals surface area contributed by atoms with Gasteiger partial charge in [0.1, 0.15) is 5.82 Å². The number of hydrogen-bond donors (Lipinski definition) is 2. The highest BCUT2D eigenvalue weighted by Crippen LogP contribution is 2.15. The van der Waals surface area contributed by atoms with Crippen LogP contribution in [0.25, 0.3) is 0 Å². The molecule has 17 heavy (non-hydrogen) atoms. The van der Waals surface area contributed by atoms with E-state index in [0.717, 1.165) is 11.8 Å². The molecule has 2 N–H and O–H groups in total. The zero-order chi connectivity index (χ0) is 12.5. The number of hydrogen-bond acceptors (Lipinski definition) is 3. The lowest BCUT2D eigenvalue weighted by Gasteiger charge is -2.04. The lowest BCUT2D eigenvalue weighted by Crippen LogP contribution is -2.13. The molecule has 2 aromatic rings. The molecule has 0 saturated heterocycles. The molecule has 5 nitrogen and oxygen atoms in total. The molecule has 1 aromatic heterocycles. The molecule has 0 aliphatic carbocycles. The van der Waals surface area contributed by atoms with E-state index in [-0.39, 0.29) is 10.7 Å². The molecule has 0 fully saturated rings. The summed E-state index contributed by atoms with van der Waals surface area (Å²) in [6, 6.07) is 6.31. The van der Waals surface area contributed by atoms with Gasteiger partial charge in [0.25, 0.3) is 10.0 Å². The first-order valence-electron chi connectivity index (χ1n) is 4.78. The number of aromatic amines is 1. The van der Waals surface area contributed by atoms with Crippen LogP contribution in [0.5, 0.6) is 0 Å². The van der Waals surface area contributed by atoms with Crippen LogP contribution in [0.15, 0.2) is 35.2 Å². The van der Waals surface area contributed by atoms with Gasteiger partial charge in [-0.3, -0.25) is 9.82 Å². The van der Waals surface area contributed by atoms with Gasteiger partial charge in [-0.05, 0) is 25.1 Å². The number of rotatable bonds is 3. The topological polar surface area (TPSA) is 74.8 Å². The van der Waals surface area contributed by atoms with Gasteiger partial charge in [0.15, 0.2) is 5.82 Å². The van der Waals surface area contributed by atoms with E-state index in [1.807, 2.05) is 0 Å². The average Bonchev–Trinajstić information content (AvgIpc) is 2.63. The van der Waals surface area contributed by atoms with Crippen molar-refractivity contribution < 1.29 is 12.8 Å².